The van der Waals surface area contributed by atoms with Gasteiger partial charge in [0.25, 0.3) is 0 Å². The monoisotopic (exact) mass is 166 g/mol. The van der Waals surface area contributed by atoms with E-state index >= 15 is 0 Å². The Morgan fingerprint density at radius 3 is 2.75 bits per heavy atom. The topological polar surface area (TPSA) is 38.9 Å². The Balaban J connectivity index is 2.10. The van der Waals surface area contributed by atoms with E-state index in [0.29, 0.717) is 5.92 Å². The van der Waals surface area contributed by atoms with Crippen LogP contribution in [0, 0.1) is 5.92 Å². The van der Waals surface area contributed by atoms with E-state index in [4.69, 9.17) is 4.42 Å². The summed E-state index contributed by atoms with van der Waals surface area (Å²) in [7, 11) is 0. The molecule has 1 atom stereocenters. The Morgan fingerprint density at radius 2 is 2.25 bits per heavy atom. The van der Waals surface area contributed by atoms with Crippen molar-refractivity contribution in [3.63, 3.8) is 0 Å². The third kappa shape index (κ3) is 1.36. The standard InChI is InChI=1S/C9H14N2O/c1-3-8-10-11-9(12-8)6(2)7-4-5-7/h6-7H,3-5H2,1-2H3. The van der Waals surface area contributed by atoms with E-state index in [2.05, 4.69) is 17.1 Å². The maximum Gasteiger partial charge on any atom is 0.219 e. The molecule has 0 aliphatic heterocycles. The molecule has 12 heavy (non-hydrogen) atoms. The van der Waals surface area contributed by atoms with Crippen molar-refractivity contribution in [2.24, 2.45) is 5.92 Å². The lowest BCUT2D eigenvalue weighted by atomic mass is 10.1. The number of hydrogen-bond acceptors (Lipinski definition) is 3. The summed E-state index contributed by atoms with van der Waals surface area (Å²) in [5.74, 6) is 2.86. The highest BCUT2D eigenvalue weighted by Gasteiger charge is 2.32. The molecule has 3 heteroatoms. The minimum atomic E-state index is 0.470. The molecular weight excluding hydrogens is 152 g/mol. The summed E-state index contributed by atoms with van der Waals surface area (Å²) in [6, 6.07) is 0. The van der Waals surface area contributed by atoms with Crippen molar-refractivity contribution >= 4 is 0 Å². The van der Waals surface area contributed by atoms with E-state index in [1.807, 2.05) is 6.92 Å². The number of hydrogen-bond donors (Lipinski definition) is 0. The quantitative estimate of drug-likeness (QED) is 0.690. The molecule has 0 spiro atoms. The molecule has 1 heterocycles. The Kier molecular flexibility index (Phi) is 1.87. The summed E-state index contributed by atoms with van der Waals surface area (Å²) in [4.78, 5) is 0. The average Bonchev–Trinajstić information content (AvgIpc) is 2.82. The molecule has 0 amide bonds. The summed E-state index contributed by atoms with van der Waals surface area (Å²) in [6.45, 7) is 4.20. The van der Waals surface area contributed by atoms with Gasteiger partial charge < -0.3 is 4.42 Å². The van der Waals surface area contributed by atoms with Gasteiger partial charge >= 0.3 is 0 Å². The Bertz CT molecular complexity index is 265. The molecule has 1 aliphatic carbocycles. The smallest absolute Gasteiger partial charge is 0.219 e. The second-order valence-electron chi connectivity index (χ2n) is 3.51. The molecule has 1 aliphatic rings. The fourth-order valence-electron chi connectivity index (χ4n) is 1.39. The number of aromatic nitrogens is 2. The van der Waals surface area contributed by atoms with Gasteiger partial charge in [-0.3, -0.25) is 0 Å². The molecule has 3 nitrogen and oxygen atoms in total. The van der Waals surface area contributed by atoms with Gasteiger partial charge in [0.2, 0.25) is 11.8 Å². The first-order valence-corrected chi connectivity index (χ1v) is 4.63. The van der Waals surface area contributed by atoms with Crippen molar-refractivity contribution in [1.29, 1.82) is 0 Å². The van der Waals surface area contributed by atoms with E-state index in [1.165, 1.54) is 12.8 Å². The van der Waals surface area contributed by atoms with Crippen molar-refractivity contribution in [1.82, 2.24) is 10.2 Å². The molecule has 1 aromatic heterocycles. The molecule has 1 aromatic rings. The van der Waals surface area contributed by atoms with Crippen molar-refractivity contribution in [2.75, 3.05) is 0 Å². The van der Waals surface area contributed by atoms with Crippen LogP contribution >= 0.6 is 0 Å². The molecule has 0 radical (unpaired) electrons. The van der Waals surface area contributed by atoms with Crippen molar-refractivity contribution in [2.45, 2.75) is 39.0 Å². The third-order valence-electron chi connectivity index (χ3n) is 2.50. The average molecular weight is 166 g/mol. The zero-order valence-corrected chi connectivity index (χ0v) is 7.58. The first-order chi connectivity index (χ1) is 5.81. The summed E-state index contributed by atoms with van der Waals surface area (Å²) in [5, 5.41) is 7.98. The molecule has 0 saturated heterocycles. The normalized spacial score (nSPS) is 19.5. The Hall–Kier alpha value is -0.860. The fraction of sp³-hybridized carbons (Fsp3) is 0.778. The van der Waals surface area contributed by atoms with Gasteiger partial charge in [0, 0.05) is 12.3 Å². The third-order valence-corrected chi connectivity index (χ3v) is 2.50. The van der Waals surface area contributed by atoms with Gasteiger partial charge in [0.05, 0.1) is 0 Å². The minimum absolute atomic E-state index is 0.470. The molecule has 66 valence electrons. The Labute approximate surface area is 72.2 Å². The fourth-order valence-corrected chi connectivity index (χ4v) is 1.39. The SMILES string of the molecule is CCc1nnc(C(C)C2CC2)o1. The van der Waals surface area contributed by atoms with Gasteiger partial charge in [-0.15, -0.1) is 10.2 Å². The summed E-state index contributed by atoms with van der Waals surface area (Å²) in [6.07, 6.45) is 3.49. The van der Waals surface area contributed by atoms with Crippen LogP contribution in [0.5, 0.6) is 0 Å². The lowest BCUT2D eigenvalue weighted by Gasteiger charge is -2.01. The van der Waals surface area contributed by atoms with Gasteiger partial charge in [-0.2, -0.15) is 0 Å². The predicted molar refractivity (Wildman–Crippen MR) is 44.8 cm³/mol. The second kappa shape index (κ2) is 2.88. The zero-order chi connectivity index (χ0) is 8.55. The number of aryl methyl sites for hydroxylation is 1. The van der Waals surface area contributed by atoms with Crippen LogP contribution in [0.2, 0.25) is 0 Å². The summed E-state index contributed by atoms with van der Waals surface area (Å²) in [5.41, 5.74) is 0. The number of nitrogens with zero attached hydrogens (tertiary/aromatic N) is 2. The van der Waals surface area contributed by atoms with Crippen LogP contribution in [-0.2, 0) is 6.42 Å². The van der Waals surface area contributed by atoms with Crippen LogP contribution in [0.15, 0.2) is 4.42 Å². The maximum atomic E-state index is 5.47. The van der Waals surface area contributed by atoms with Crippen LogP contribution in [-0.4, -0.2) is 10.2 Å². The van der Waals surface area contributed by atoms with E-state index < -0.39 is 0 Å². The van der Waals surface area contributed by atoms with Crippen LogP contribution in [0.25, 0.3) is 0 Å². The van der Waals surface area contributed by atoms with Crippen LogP contribution in [0.4, 0.5) is 0 Å². The molecule has 1 unspecified atom stereocenters. The van der Waals surface area contributed by atoms with E-state index in [1.54, 1.807) is 0 Å². The molecule has 1 fully saturated rings. The largest absolute Gasteiger partial charge is 0.425 e. The Morgan fingerprint density at radius 1 is 1.50 bits per heavy atom. The van der Waals surface area contributed by atoms with Crippen LogP contribution < -0.4 is 0 Å². The van der Waals surface area contributed by atoms with Gasteiger partial charge in [-0.25, -0.2) is 0 Å². The molecule has 1 saturated carbocycles. The van der Waals surface area contributed by atoms with Crippen molar-refractivity contribution in [3.05, 3.63) is 11.8 Å². The zero-order valence-electron chi connectivity index (χ0n) is 7.58. The maximum absolute atomic E-state index is 5.47. The van der Waals surface area contributed by atoms with E-state index in [0.717, 1.165) is 24.1 Å². The van der Waals surface area contributed by atoms with Gasteiger partial charge in [0.15, 0.2) is 0 Å². The first kappa shape index (κ1) is 7.77. The molecule has 0 aromatic carbocycles. The minimum Gasteiger partial charge on any atom is -0.425 e. The van der Waals surface area contributed by atoms with Gasteiger partial charge in [-0.1, -0.05) is 13.8 Å². The van der Waals surface area contributed by atoms with Crippen LogP contribution in [0.3, 0.4) is 0 Å². The van der Waals surface area contributed by atoms with Crippen molar-refractivity contribution in [3.8, 4) is 0 Å². The molecule has 2 rings (SSSR count). The number of rotatable bonds is 3. The first-order valence-electron chi connectivity index (χ1n) is 4.63. The molecule has 0 bridgehead atoms. The van der Waals surface area contributed by atoms with Crippen LogP contribution in [0.1, 0.15) is 44.4 Å². The lowest BCUT2D eigenvalue weighted by Crippen LogP contribution is -1.95. The highest BCUT2D eigenvalue weighted by molar-refractivity contribution is 4.97. The molecular formula is C9H14N2O. The highest BCUT2D eigenvalue weighted by Crippen LogP contribution is 2.41. The van der Waals surface area contributed by atoms with Gasteiger partial charge in [0.1, 0.15) is 0 Å². The lowest BCUT2D eigenvalue weighted by molar-refractivity contribution is 0.411. The highest BCUT2D eigenvalue weighted by atomic mass is 16.4. The predicted octanol–water partition coefficient (Wildman–Crippen LogP) is 2.15. The van der Waals surface area contributed by atoms with Gasteiger partial charge in [-0.05, 0) is 18.8 Å². The summed E-state index contributed by atoms with van der Waals surface area (Å²) >= 11 is 0. The van der Waals surface area contributed by atoms with E-state index in [-0.39, 0.29) is 0 Å². The summed E-state index contributed by atoms with van der Waals surface area (Å²) < 4.78 is 5.47. The molecule has 0 N–H and O–H groups in total. The van der Waals surface area contributed by atoms with Crippen molar-refractivity contribution < 1.29 is 4.42 Å². The van der Waals surface area contributed by atoms with E-state index in [9.17, 15) is 0 Å². The second-order valence-corrected chi connectivity index (χ2v) is 3.51.